The Hall–Kier alpha value is 0.100. The second kappa shape index (κ2) is 5.83. The van der Waals surface area contributed by atoms with Gasteiger partial charge in [0.15, 0.2) is 0 Å². The molecule has 1 aliphatic rings. The van der Waals surface area contributed by atoms with E-state index in [4.69, 9.17) is 0 Å². The van der Waals surface area contributed by atoms with Gasteiger partial charge in [0, 0.05) is 32.9 Å². The lowest BCUT2D eigenvalue weighted by Crippen LogP contribution is -2.45. The van der Waals surface area contributed by atoms with Gasteiger partial charge in [-0.05, 0) is 62.3 Å². The second-order valence-electron chi connectivity index (χ2n) is 5.05. The maximum absolute atomic E-state index is 3.69. The summed E-state index contributed by atoms with van der Waals surface area (Å²) in [5.74, 6) is 0. The minimum atomic E-state index is 0.683. The number of likely N-dealkylation sites (tertiary alicyclic amines) is 1. The first-order valence-corrected chi connectivity index (χ1v) is 7.85. The summed E-state index contributed by atoms with van der Waals surface area (Å²) in [6.45, 7) is 6.71. The molecule has 2 rings (SSSR count). The third kappa shape index (κ3) is 3.53. The Labute approximate surface area is 117 Å². The van der Waals surface area contributed by atoms with Crippen LogP contribution in [0.1, 0.15) is 29.5 Å². The molecule has 0 spiro atoms. The van der Waals surface area contributed by atoms with Crippen molar-refractivity contribution in [3.63, 3.8) is 0 Å². The van der Waals surface area contributed by atoms with Crippen LogP contribution in [0.15, 0.2) is 10.5 Å². The van der Waals surface area contributed by atoms with Crippen LogP contribution in [0.4, 0.5) is 0 Å². The molecule has 0 aliphatic carbocycles. The highest BCUT2D eigenvalue weighted by Gasteiger charge is 2.22. The number of nitrogens with zero attached hydrogens (tertiary/aromatic N) is 1. The highest BCUT2D eigenvalue weighted by molar-refractivity contribution is 9.10. The molecule has 0 bridgehead atoms. The van der Waals surface area contributed by atoms with Crippen LogP contribution in [-0.2, 0) is 6.54 Å². The highest BCUT2D eigenvalue weighted by atomic mass is 79.9. The molecule has 2 atom stereocenters. The number of nitrogens with one attached hydrogen (secondary N) is 1. The van der Waals surface area contributed by atoms with Gasteiger partial charge in [-0.15, -0.1) is 11.3 Å². The lowest BCUT2D eigenvalue weighted by atomic mass is 9.99. The van der Waals surface area contributed by atoms with Gasteiger partial charge in [0.2, 0.25) is 0 Å². The number of thiophene rings is 1. The molecule has 1 aliphatic heterocycles. The molecule has 0 radical (unpaired) electrons. The topological polar surface area (TPSA) is 15.3 Å². The lowest BCUT2D eigenvalue weighted by molar-refractivity contribution is 0.168. The van der Waals surface area contributed by atoms with Crippen LogP contribution < -0.4 is 5.32 Å². The summed E-state index contributed by atoms with van der Waals surface area (Å²) in [7, 11) is 2.22. The number of aryl methyl sites for hydroxylation is 1. The van der Waals surface area contributed by atoms with Gasteiger partial charge in [0.05, 0.1) is 0 Å². The number of hydrogen-bond donors (Lipinski definition) is 1. The Morgan fingerprint density at radius 1 is 1.59 bits per heavy atom. The van der Waals surface area contributed by atoms with E-state index in [1.807, 2.05) is 11.3 Å². The standard InChI is InChI=1S/C13H21BrN2S/c1-9-6-11(4-5-16(9)3)15-8-12-7-13(14)10(2)17-12/h7,9,11,15H,4-6,8H2,1-3H3. The van der Waals surface area contributed by atoms with Gasteiger partial charge in [-0.25, -0.2) is 0 Å². The first-order chi connectivity index (χ1) is 8.06. The van der Waals surface area contributed by atoms with E-state index in [1.165, 1.54) is 33.6 Å². The molecule has 0 saturated carbocycles. The average molecular weight is 317 g/mol. The molecule has 2 unspecified atom stereocenters. The predicted molar refractivity (Wildman–Crippen MR) is 78.7 cm³/mol. The Morgan fingerprint density at radius 2 is 2.35 bits per heavy atom. The van der Waals surface area contributed by atoms with Crippen LogP contribution in [0.25, 0.3) is 0 Å². The lowest BCUT2D eigenvalue weighted by Gasteiger charge is -2.35. The molecular weight excluding hydrogens is 296 g/mol. The fraction of sp³-hybridized carbons (Fsp3) is 0.692. The summed E-state index contributed by atoms with van der Waals surface area (Å²) in [4.78, 5) is 5.25. The first-order valence-electron chi connectivity index (χ1n) is 6.24. The SMILES string of the molecule is Cc1sc(CNC2CCN(C)C(C)C2)cc1Br. The molecule has 4 heteroatoms. The third-order valence-electron chi connectivity index (χ3n) is 3.68. The molecule has 1 aromatic heterocycles. The maximum atomic E-state index is 3.69. The van der Waals surface area contributed by atoms with E-state index < -0.39 is 0 Å². The number of hydrogen-bond acceptors (Lipinski definition) is 3. The quantitative estimate of drug-likeness (QED) is 0.919. The zero-order chi connectivity index (χ0) is 12.4. The normalized spacial score (nSPS) is 26.4. The van der Waals surface area contributed by atoms with Gasteiger partial charge < -0.3 is 10.2 Å². The van der Waals surface area contributed by atoms with Crippen molar-refractivity contribution in [3.8, 4) is 0 Å². The van der Waals surface area contributed by atoms with Gasteiger partial charge in [-0.3, -0.25) is 0 Å². The minimum absolute atomic E-state index is 0.683. The van der Waals surface area contributed by atoms with Crippen LogP contribution in [-0.4, -0.2) is 30.6 Å². The summed E-state index contributed by atoms with van der Waals surface area (Å²) in [5.41, 5.74) is 0. The number of halogens is 1. The molecule has 1 aromatic rings. The monoisotopic (exact) mass is 316 g/mol. The molecule has 1 N–H and O–H groups in total. The summed E-state index contributed by atoms with van der Waals surface area (Å²) >= 11 is 5.46. The van der Waals surface area contributed by atoms with Gasteiger partial charge >= 0.3 is 0 Å². The zero-order valence-electron chi connectivity index (χ0n) is 10.8. The summed E-state index contributed by atoms with van der Waals surface area (Å²) in [5, 5.41) is 3.69. The van der Waals surface area contributed by atoms with E-state index in [1.54, 1.807) is 0 Å². The molecule has 1 saturated heterocycles. The third-order valence-corrected chi connectivity index (χ3v) is 5.82. The minimum Gasteiger partial charge on any atom is -0.309 e. The van der Waals surface area contributed by atoms with Crippen LogP contribution in [0.3, 0.4) is 0 Å². The van der Waals surface area contributed by atoms with Crippen molar-refractivity contribution in [2.75, 3.05) is 13.6 Å². The summed E-state index contributed by atoms with van der Waals surface area (Å²) in [6, 6.07) is 3.63. The predicted octanol–water partition coefficient (Wildman–Crippen LogP) is 3.39. The second-order valence-corrected chi connectivity index (χ2v) is 7.24. The van der Waals surface area contributed by atoms with Crippen molar-refractivity contribution in [1.82, 2.24) is 10.2 Å². The number of piperidine rings is 1. The van der Waals surface area contributed by atoms with Crippen molar-refractivity contribution in [2.24, 2.45) is 0 Å². The van der Waals surface area contributed by atoms with Crippen LogP contribution in [0.5, 0.6) is 0 Å². The van der Waals surface area contributed by atoms with Gasteiger partial charge in [-0.1, -0.05) is 0 Å². The van der Waals surface area contributed by atoms with Gasteiger partial charge in [0.1, 0.15) is 0 Å². The summed E-state index contributed by atoms with van der Waals surface area (Å²) < 4.78 is 1.25. The molecular formula is C13H21BrN2S. The smallest absolute Gasteiger partial charge is 0.0314 e. The van der Waals surface area contributed by atoms with E-state index in [2.05, 4.69) is 53.1 Å². The Balaban J connectivity index is 1.82. The Morgan fingerprint density at radius 3 is 2.94 bits per heavy atom. The average Bonchev–Trinajstić information content (AvgIpc) is 2.60. The molecule has 0 amide bonds. The van der Waals surface area contributed by atoms with Crippen molar-refractivity contribution < 1.29 is 0 Å². The van der Waals surface area contributed by atoms with E-state index in [9.17, 15) is 0 Å². The Kier molecular flexibility index (Phi) is 4.64. The van der Waals surface area contributed by atoms with E-state index >= 15 is 0 Å². The molecule has 2 nitrogen and oxygen atoms in total. The first kappa shape index (κ1) is 13.5. The van der Waals surface area contributed by atoms with Gasteiger partial charge in [0.25, 0.3) is 0 Å². The summed E-state index contributed by atoms with van der Waals surface area (Å²) in [6.07, 6.45) is 2.54. The van der Waals surface area contributed by atoms with Crippen molar-refractivity contribution in [1.29, 1.82) is 0 Å². The Bertz CT molecular complexity index is 358. The van der Waals surface area contributed by atoms with Crippen LogP contribution in [0.2, 0.25) is 0 Å². The van der Waals surface area contributed by atoms with Crippen LogP contribution in [0, 0.1) is 6.92 Å². The molecule has 96 valence electrons. The van der Waals surface area contributed by atoms with Crippen molar-refractivity contribution in [3.05, 3.63) is 20.3 Å². The maximum Gasteiger partial charge on any atom is 0.0314 e. The largest absolute Gasteiger partial charge is 0.309 e. The number of rotatable bonds is 3. The molecule has 17 heavy (non-hydrogen) atoms. The molecule has 1 fully saturated rings. The van der Waals surface area contributed by atoms with Crippen molar-refractivity contribution >= 4 is 27.3 Å². The van der Waals surface area contributed by atoms with E-state index in [-0.39, 0.29) is 0 Å². The van der Waals surface area contributed by atoms with E-state index in [0.29, 0.717) is 12.1 Å². The van der Waals surface area contributed by atoms with E-state index in [0.717, 1.165) is 6.54 Å². The van der Waals surface area contributed by atoms with Crippen LogP contribution >= 0.6 is 27.3 Å². The van der Waals surface area contributed by atoms with Crippen molar-refractivity contribution in [2.45, 2.75) is 45.3 Å². The van der Waals surface area contributed by atoms with Gasteiger partial charge in [-0.2, -0.15) is 0 Å². The molecule has 0 aromatic carbocycles. The highest BCUT2D eigenvalue weighted by Crippen LogP contribution is 2.26. The fourth-order valence-electron chi connectivity index (χ4n) is 2.32. The zero-order valence-corrected chi connectivity index (χ0v) is 13.2. The molecule has 2 heterocycles. The fourth-order valence-corrected chi connectivity index (χ4v) is 3.88.